The predicted octanol–water partition coefficient (Wildman–Crippen LogP) is 3.71. The standard InChI is InChI=1S/C17H12Cl2N4O5/c1-26-10-2-4-11(5-3-10)27-15-12(18)6-9(7-13(15)19)22-23-14(8-20)16(24)28-17(21)25/h2-7,22H,1H3,(H2,21,25)/b23-14-. The van der Waals surface area contributed by atoms with E-state index in [2.05, 4.69) is 15.3 Å². The Balaban J connectivity index is 2.18. The largest absolute Gasteiger partial charge is 0.497 e. The SMILES string of the molecule is COc1ccc(Oc2c(Cl)cc(N/N=C(/C#N)C(=O)OC(N)=O)cc2Cl)cc1. The smallest absolute Gasteiger partial charge is 0.412 e. The van der Waals surface area contributed by atoms with Crippen molar-refractivity contribution in [3.8, 4) is 23.3 Å². The van der Waals surface area contributed by atoms with Crippen LogP contribution in [0.3, 0.4) is 0 Å². The number of ether oxygens (including phenoxy) is 3. The first kappa shape index (κ1) is 20.8. The summed E-state index contributed by atoms with van der Waals surface area (Å²) in [6.45, 7) is 0. The van der Waals surface area contributed by atoms with Crippen molar-refractivity contribution >= 4 is 46.7 Å². The number of amides is 1. The lowest BCUT2D eigenvalue weighted by Gasteiger charge is -2.12. The second-order valence-corrected chi connectivity index (χ2v) is 5.75. The molecule has 0 atom stereocenters. The van der Waals surface area contributed by atoms with Crippen LogP contribution in [0.15, 0.2) is 41.5 Å². The fourth-order valence-corrected chi connectivity index (χ4v) is 2.42. The fraction of sp³-hybridized carbons (Fsp3) is 0.0588. The number of nitriles is 1. The maximum absolute atomic E-state index is 11.4. The number of nitrogens with zero attached hydrogens (tertiary/aromatic N) is 2. The Bertz CT molecular complexity index is 947. The van der Waals surface area contributed by atoms with Crippen LogP contribution in [-0.4, -0.2) is 24.9 Å². The molecule has 0 heterocycles. The van der Waals surface area contributed by atoms with Gasteiger partial charge in [-0.2, -0.15) is 10.4 Å². The van der Waals surface area contributed by atoms with Gasteiger partial charge in [0.2, 0.25) is 5.71 Å². The lowest BCUT2D eigenvalue weighted by Crippen LogP contribution is -2.24. The van der Waals surface area contributed by atoms with Crippen LogP contribution in [-0.2, 0) is 9.53 Å². The number of nitrogens with one attached hydrogen (secondary N) is 1. The van der Waals surface area contributed by atoms with Crippen LogP contribution in [0.2, 0.25) is 10.0 Å². The molecule has 0 radical (unpaired) electrons. The molecule has 0 aliphatic heterocycles. The van der Waals surface area contributed by atoms with Gasteiger partial charge in [0.1, 0.15) is 17.6 Å². The van der Waals surface area contributed by atoms with Crippen LogP contribution in [0, 0.1) is 11.3 Å². The Labute approximate surface area is 169 Å². The molecule has 28 heavy (non-hydrogen) atoms. The molecule has 0 aliphatic carbocycles. The molecule has 9 nitrogen and oxygen atoms in total. The van der Waals surface area contributed by atoms with Crippen molar-refractivity contribution in [2.24, 2.45) is 10.8 Å². The highest BCUT2D eigenvalue weighted by atomic mass is 35.5. The quantitative estimate of drug-likeness (QED) is 0.313. The summed E-state index contributed by atoms with van der Waals surface area (Å²) in [4.78, 5) is 22.0. The highest BCUT2D eigenvalue weighted by molar-refractivity contribution is 6.44. The van der Waals surface area contributed by atoms with E-state index in [0.717, 1.165) is 0 Å². The number of rotatable bonds is 6. The number of methoxy groups -OCH3 is 1. The molecule has 0 aromatic heterocycles. The van der Waals surface area contributed by atoms with Gasteiger partial charge in [-0.25, -0.2) is 9.59 Å². The molecule has 2 rings (SSSR count). The normalized spacial score (nSPS) is 10.6. The third-order valence-electron chi connectivity index (χ3n) is 3.07. The van der Waals surface area contributed by atoms with Gasteiger partial charge in [-0.1, -0.05) is 23.2 Å². The zero-order valence-corrected chi connectivity index (χ0v) is 15.7. The molecule has 0 aliphatic rings. The van der Waals surface area contributed by atoms with Gasteiger partial charge in [-0.15, -0.1) is 0 Å². The van der Waals surface area contributed by atoms with E-state index in [1.54, 1.807) is 31.4 Å². The number of hydrogen-bond acceptors (Lipinski definition) is 8. The lowest BCUT2D eigenvalue weighted by molar-refractivity contribution is -0.129. The third kappa shape index (κ3) is 5.51. The average Bonchev–Trinajstić information content (AvgIpc) is 2.65. The fourth-order valence-electron chi connectivity index (χ4n) is 1.86. The van der Waals surface area contributed by atoms with Gasteiger partial charge in [0.05, 0.1) is 22.8 Å². The molecule has 0 unspecified atom stereocenters. The molecule has 0 saturated carbocycles. The van der Waals surface area contributed by atoms with Crippen molar-refractivity contribution in [1.82, 2.24) is 0 Å². The van der Waals surface area contributed by atoms with Gasteiger partial charge in [0, 0.05) is 0 Å². The second-order valence-electron chi connectivity index (χ2n) is 4.94. The van der Waals surface area contributed by atoms with E-state index < -0.39 is 17.8 Å². The summed E-state index contributed by atoms with van der Waals surface area (Å²) < 4.78 is 14.8. The monoisotopic (exact) mass is 422 g/mol. The number of primary amides is 1. The first-order chi connectivity index (χ1) is 13.3. The summed E-state index contributed by atoms with van der Waals surface area (Å²) in [5.41, 5.74) is 6.63. The first-order valence-electron chi connectivity index (χ1n) is 7.40. The van der Waals surface area contributed by atoms with Gasteiger partial charge < -0.3 is 19.9 Å². The Morgan fingerprint density at radius 3 is 2.21 bits per heavy atom. The number of nitrogens with two attached hydrogens (primary N) is 1. The van der Waals surface area contributed by atoms with Gasteiger partial charge >= 0.3 is 12.1 Å². The van der Waals surface area contributed by atoms with Gasteiger partial charge in [0.25, 0.3) is 0 Å². The highest BCUT2D eigenvalue weighted by Crippen LogP contribution is 2.39. The van der Waals surface area contributed by atoms with Crippen LogP contribution in [0.5, 0.6) is 17.2 Å². The van der Waals surface area contributed by atoms with E-state index >= 15 is 0 Å². The van der Waals surface area contributed by atoms with Crippen molar-refractivity contribution in [2.45, 2.75) is 0 Å². The minimum atomic E-state index is -1.36. The predicted molar refractivity (Wildman–Crippen MR) is 102 cm³/mol. The van der Waals surface area contributed by atoms with Crippen LogP contribution >= 0.6 is 23.2 Å². The molecule has 0 saturated heterocycles. The zero-order valence-electron chi connectivity index (χ0n) is 14.2. The van der Waals surface area contributed by atoms with E-state index in [1.165, 1.54) is 18.2 Å². The molecule has 2 aromatic carbocycles. The molecule has 1 amide bonds. The summed E-state index contributed by atoms with van der Waals surface area (Å²) in [6, 6.07) is 11.0. The highest BCUT2D eigenvalue weighted by Gasteiger charge is 2.16. The van der Waals surface area contributed by atoms with E-state index in [9.17, 15) is 9.59 Å². The number of halogens is 2. The Morgan fingerprint density at radius 1 is 1.14 bits per heavy atom. The van der Waals surface area contributed by atoms with Crippen LogP contribution in [0.25, 0.3) is 0 Å². The summed E-state index contributed by atoms with van der Waals surface area (Å²) in [7, 11) is 1.54. The molecule has 0 spiro atoms. The molecular formula is C17H12Cl2N4O5. The average molecular weight is 423 g/mol. The molecule has 0 bridgehead atoms. The molecular weight excluding hydrogens is 411 g/mol. The van der Waals surface area contributed by atoms with E-state index in [0.29, 0.717) is 11.5 Å². The Morgan fingerprint density at radius 2 is 1.71 bits per heavy atom. The van der Waals surface area contributed by atoms with Crippen LogP contribution in [0.1, 0.15) is 0 Å². The van der Waals surface area contributed by atoms with Crippen molar-refractivity contribution in [3.63, 3.8) is 0 Å². The molecule has 2 aromatic rings. The summed E-state index contributed by atoms with van der Waals surface area (Å²) >= 11 is 12.4. The van der Waals surface area contributed by atoms with E-state index in [1.807, 2.05) is 0 Å². The number of anilines is 1. The van der Waals surface area contributed by atoms with Gasteiger partial charge in [-0.05, 0) is 36.4 Å². The third-order valence-corrected chi connectivity index (χ3v) is 3.63. The number of carbonyl (C=O) groups excluding carboxylic acids is 2. The maximum Gasteiger partial charge on any atom is 0.412 e. The summed E-state index contributed by atoms with van der Waals surface area (Å²) in [6.07, 6.45) is -1.36. The summed E-state index contributed by atoms with van der Waals surface area (Å²) in [5, 5.41) is 12.7. The van der Waals surface area contributed by atoms with Crippen LogP contribution < -0.4 is 20.6 Å². The lowest BCUT2D eigenvalue weighted by atomic mass is 10.3. The number of benzene rings is 2. The van der Waals surface area contributed by atoms with Crippen LogP contribution in [0.4, 0.5) is 10.5 Å². The van der Waals surface area contributed by atoms with E-state index in [-0.39, 0.29) is 21.5 Å². The molecule has 0 fully saturated rings. The van der Waals surface area contributed by atoms with Gasteiger partial charge in [0.15, 0.2) is 5.75 Å². The van der Waals surface area contributed by atoms with E-state index in [4.69, 9.17) is 43.7 Å². The van der Waals surface area contributed by atoms with Crippen molar-refractivity contribution < 1.29 is 23.8 Å². The Hall–Kier alpha value is -3.48. The first-order valence-corrected chi connectivity index (χ1v) is 8.16. The van der Waals surface area contributed by atoms with Crippen molar-refractivity contribution in [2.75, 3.05) is 12.5 Å². The molecule has 3 N–H and O–H groups in total. The topological polar surface area (TPSA) is 136 Å². The number of hydrogen-bond donors (Lipinski definition) is 2. The van der Waals surface area contributed by atoms with Gasteiger partial charge in [-0.3, -0.25) is 5.43 Å². The molecule has 11 heteroatoms. The molecule has 144 valence electrons. The second kappa shape index (κ2) is 9.45. The minimum Gasteiger partial charge on any atom is -0.497 e. The van der Waals surface area contributed by atoms with Crippen molar-refractivity contribution in [1.29, 1.82) is 5.26 Å². The zero-order chi connectivity index (χ0) is 20.7. The van der Waals surface area contributed by atoms with Crippen molar-refractivity contribution in [3.05, 3.63) is 46.4 Å². The number of hydrazone groups is 1. The maximum atomic E-state index is 11.4. The Kier molecular flexibility index (Phi) is 7.03. The number of esters is 1. The summed E-state index contributed by atoms with van der Waals surface area (Å²) in [5.74, 6) is 0.0187. The number of carbonyl (C=O) groups is 2. The minimum absolute atomic E-state index is 0.138.